The molecule has 0 aromatic carbocycles. The molecule has 1 aromatic heterocycles. The van der Waals surface area contributed by atoms with Crippen molar-refractivity contribution >= 4 is 17.6 Å². The van der Waals surface area contributed by atoms with Crippen molar-refractivity contribution in [1.29, 1.82) is 0 Å². The summed E-state index contributed by atoms with van der Waals surface area (Å²) in [5, 5.41) is 9.29. The molecule has 1 fully saturated rings. The second kappa shape index (κ2) is 6.23. The van der Waals surface area contributed by atoms with Crippen LogP contribution >= 0.6 is 0 Å². The highest BCUT2D eigenvalue weighted by atomic mass is 16.5. The van der Waals surface area contributed by atoms with Crippen LogP contribution in [0.2, 0.25) is 0 Å². The Balaban J connectivity index is 1.73. The van der Waals surface area contributed by atoms with Crippen LogP contribution in [0.15, 0.2) is 10.6 Å². The van der Waals surface area contributed by atoms with E-state index in [1.165, 1.54) is 4.90 Å². The summed E-state index contributed by atoms with van der Waals surface area (Å²) in [6.45, 7) is 5.03. The van der Waals surface area contributed by atoms with Gasteiger partial charge in [0.15, 0.2) is 5.82 Å². The SMILES string of the molecule is Cc1cc(NC(=O)CN(C)C(=O)COC2(C)CNC2)no1. The van der Waals surface area contributed by atoms with Crippen molar-refractivity contribution in [2.24, 2.45) is 0 Å². The van der Waals surface area contributed by atoms with Crippen molar-refractivity contribution in [3.63, 3.8) is 0 Å². The molecular formula is C13H20N4O4. The Hall–Kier alpha value is -1.93. The Morgan fingerprint density at radius 1 is 1.57 bits per heavy atom. The average Bonchev–Trinajstić information content (AvgIpc) is 2.78. The Bertz CT molecular complexity index is 524. The van der Waals surface area contributed by atoms with Crippen LogP contribution in [0.4, 0.5) is 5.82 Å². The Kier molecular flexibility index (Phi) is 4.59. The first-order valence-corrected chi connectivity index (χ1v) is 6.70. The lowest BCUT2D eigenvalue weighted by Crippen LogP contribution is -2.59. The molecule has 1 aliphatic rings. The number of carbonyl (C=O) groups excluding carboxylic acids is 2. The minimum Gasteiger partial charge on any atom is -0.363 e. The summed E-state index contributed by atoms with van der Waals surface area (Å²) in [6.07, 6.45) is 0. The monoisotopic (exact) mass is 296 g/mol. The predicted octanol–water partition coefficient (Wildman–Crippen LogP) is -0.242. The summed E-state index contributed by atoms with van der Waals surface area (Å²) in [7, 11) is 1.56. The number of nitrogens with zero attached hydrogens (tertiary/aromatic N) is 2. The minimum absolute atomic E-state index is 0.0367. The third-order valence-electron chi connectivity index (χ3n) is 3.24. The molecule has 1 aliphatic heterocycles. The van der Waals surface area contributed by atoms with E-state index in [0.29, 0.717) is 11.6 Å². The fraction of sp³-hybridized carbons (Fsp3) is 0.615. The van der Waals surface area contributed by atoms with Gasteiger partial charge in [0, 0.05) is 26.2 Å². The van der Waals surface area contributed by atoms with Crippen molar-refractivity contribution in [2.75, 3.05) is 38.6 Å². The van der Waals surface area contributed by atoms with Crippen molar-refractivity contribution in [1.82, 2.24) is 15.4 Å². The van der Waals surface area contributed by atoms with Gasteiger partial charge in [-0.15, -0.1) is 0 Å². The van der Waals surface area contributed by atoms with E-state index in [1.807, 2.05) is 6.92 Å². The molecule has 2 amide bonds. The zero-order chi connectivity index (χ0) is 15.5. The number of ether oxygens (including phenoxy) is 1. The average molecular weight is 296 g/mol. The third-order valence-corrected chi connectivity index (χ3v) is 3.24. The number of carbonyl (C=O) groups is 2. The second-order valence-corrected chi connectivity index (χ2v) is 5.46. The molecular weight excluding hydrogens is 276 g/mol. The van der Waals surface area contributed by atoms with Crippen LogP contribution in [-0.4, -0.2) is 60.8 Å². The number of amides is 2. The number of rotatable bonds is 6. The van der Waals surface area contributed by atoms with Crippen LogP contribution < -0.4 is 10.6 Å². The highest BCUT2D eigenvalue weighted by Gasteiger charge is 2.33. The van der Waals surface area contributed by atoms with E-state index in [2.05, 4.69) is 15.8 Å². The van der Waals surface area contributed by atoms with Crippen LogP contribution in [0, 0.1) is 6.92 Å². The highest BCUT2D eigenvalue weighted by molar-refractivity contribution is 5.93. The molecule has 0 radical (unpaired) electrons. The lowest BCUT2D eigenvalue weighted by molar-refractivity contribution is -0.146. The second-order valence-electron chi connectivity index (χ2n) is 5.46. The van der Waals surface area contributed by atoms with Gasteiger partial charge in [0.1, 0.15) is 12.4 Å². The fourth-order valence-electron chi connectivity index (χ4n) is 1.84. The number of likely N-dealkylation sites (N-methyl/N-ethyl adjacent to an activating group) is 1. The molecule has 1 saturated heterocycles. The molecule has 8 heteroatoms. The van der Waals surface area contributed by atoms with Crippen LogP contribution in [0.3, 0.4) is 0 Å². The summed E-state index contributed by atoms with van der Waals surface area (Å²) in [6, 6.07) is 1.60. The standard InChI is InChI=1S/C13H20N4O4/c1-9-4-10(16-21-9)15-11(18)5-17(3)12(19)6-20-13(2)7-14-8-13/h4,14H,5-8H2,1-3H3,(H,15,16,18). The third kappa shape index (κ3) is 4.27. The zero-order valence-corrected chi connectivity index (χ0v) is 12.4. The van der Waals surface area contributed by atoms with E-state index in [9.17, 15) is 9.59 Å². The topological polar surface area (TPSA) is 96.7 Å². The van der Waals surface area contributed by atoms with Gasteiger partial charge in [-0.1, -0.05) is 5.16 Å². The maximum Gasteiger partial charge on any atom is 0.248 e. The predicted molar refractivity (Wildman–Crippen MR) is 74.7 cm³/mol. The van der Waals surface area contributed by atoms with Gasteiger partial charge < -0.3 is 24.8 Å². The number of hydrogen-bond acceptors (Lipinski definition) is 6. The lowest BCUT2D eigenvalue weighted by Gasteiger charge is -2.39. The number of hydrogen-bond donors (Lipinski definition) is 2. The van der Waals surface area contributed by atoms with Crippen molar-refractivity contribution in [3.05, 3.63) is 11.8 Å². The molecule has 116 valence electrons. The van der Waals surface area contributed by atoms with Crippen molar-refractivity contribution in [2.45, 2.75) is 19.4 Å². The van der Waals surface area contributed by atoms with Gasteiger partial charge in [-0.2, -0.15) is 0 Å². The van der Waals surface area contributed by atoms with Crippen LogP contribution in [0.5, 0.6) is 0 Å². The number of aromatic nitrogens is 1. The van der Waals surface area contributed by atoms with Crippen LogP contribution in [0.25, 0.3) is 0 Å². The Morgan fingerprint density at radius 2 is 2.29 bits per heavy atom. The normalized spacial score (nSPS) is 16.1. The minimum atomic E-state index is -0.337. The highest BCUT2D eigenvalue weighted by Crippen LogP contribution is 2.15. The molecule has 0 saturated carbocycles. The number of nitrogens with one attached hydrogen (secondary N) is 2. The van der Waals surface area contributed by atoms with E-state index in [0.717, 1.165) is 13.1 Å². The van der Waals surface area contributed by atoms with Gasteiger partial charge in [-0.25, -0.2) is 0 Å². The van der Waals surface area contributed by atoms with Crippen molar-refractivity contribution < 1.29 is 18.8 Å². The maximum atomic E-state index is 11.9. The smallest absolute Gasteiger partial charge is 0.248 e. The summed E-state index contributed by atoms with van der Waals surface area (Å²) in [5.74, 6) is 0.360. The number of anilines is 1. The molecule has 8 nitrogen and oxygen atoms in total. The molecule has 0 atom stereocenters. The van der Waals surface area contributed by atoms with Gasteiger partial charge in [0.2, 0.25) is 11.8 Å². The number of aryl methyl sites for hydroxylation is 1. The molecule has 21 heavy (non-hydrogen) atoms. The molecule has 0 unspecified atom stereocenters. The molecule has 1 aromatic rings. The lowest BCUT2D eigenvalue weighted by atomic mass is 10.0. The first-order valence-electron chi connectivity index (χ1n) is 6.70. The van der Waals surface area contributed by atoms with Gasteiger partial charge >= 0.3 is 0 Å². The fourth-order valence-corrected chi connectivity index (χ4v) is 1.84. The van der Waals surface area contributed by atoms with Crippen LogP contribution in [-0.2, 0) is 14.3 Å². The Labute approximate surface area is 122 Å². The summed E-state index contributed by atoms with van der Waals surface area (Å²) >= 11 is 0. The largest absolute Gasteiger partial charge is 0.363 e. The summed E-state index contributed by atoms with van der Waals surface area (Å²) in [4.78, 5) is 25.0. The van der Waals surface area contributed by atoms with E-state index >= 15 is 0 Å². The van der Waals surface area contributed by atoms with E-state index in [1.54, 1.807) is 20.0 Å². The summed E-state index contributed by atoms with van der Waals surface area (Å²) < 4.78 is 10.4. The van der Waals surface area contributed by atoms with Gasteiger partial charge in [-0.3, -0.25) is 9.59 Å². The molecule has 0 aliphatic carbocycles. The molecule has 0 spiro atoms. The summed E-state index contributed by atoms with van der Waals surface area (Å²) in [5.41, 5.74) is -0.281. The molecule has 2 heterocycles. The van der Waals surface area contributed by atoms with Gasteiger partial charge in [0.25, 0.3) is 0 Å². The quantitative estimate of drug-likeness (QED) is 0.752. The molecule has 2 rings (SSSR count). The molecule has 0 bridgehead atoms. The van der Waals surface area contributed by atoms with Crippen molar-refractivity contribution in [3.8, 4) is 0 Å². The molecule has 2 N–H and O–H groups in total. The first-order chi connectivity index (χ1) is 9.88. The van der Waals surface area contributed by atoms with E-state index in [4.69, 9.17) is 9.26 Å². The van der Waals surface area contributed by atoms with E-state index in [-0.39, 0.29) is 30.6 Å². The Morgan fingerprint density at radius 3 is 2.81 bits per heavy atom. The van der Waals surface area contributed by atoms with Gasteiger partial charge in [-0.05, 0) is 13.8 Å². The van der Waals surface area contributed by atoms with Gasteiger partial charge in [0.05, 0.1) is 12.1 Å². The van der Waals surface area contributed by atoms with Crippen LogP contribution in [0.1, 0.15) is 12.7 Å². The first kappa shape index (κ1) is 15.5. The maximum absolute atomic E-state index is 11.9. The van der Waals surface area contributed by atoms with E-state index < -0.39 is 0 Å². The zero-order valence-electron chi connectivity index (χ0n) is 12.4.